The largest absolute Gasteiger partial charge is 4.00 e. The minimum atomic E-state index is 0. The maximum atomic E-state index is 2.18. The molecule has 0 aromatic heterocycles. The summed E-state index contributed by atoms with van der Waals surface area (Å²) in [6, 6.07) is 46.8. The number of rotatable bonds is 2. The van der Waals surface area contributed by atoms with Crippen LogP contribution in [0.5, 0.6) is 0 Å². The number of benzene rings is 4. The van der Waals surface area contributed by atoms with Gasteiger partial charge < -0.3 is 24.8 Å². The van der Waals surface area contributed by atoms with E-state index in [1.807, 2.05) is 0 Å². The molecule has 0 aliphatic heterocycles. The zero-order valence-electron chi connectivity index (χ0n) is 20.5. The van der Waals surface area contributed by atoms with Crippen LogP contribution in [0.25, 0.3) is 43.8 Å². The average Bonchev–Trinajstić information content (AvgIpc) is 3.55. The van der Waals surface area contributed by atoms with Gasteiger partial charge in [-0.05, 0) is 11.1 Å². The quantitative estimate of drug-likeness (QED) is 0.194. The molecule has 0 bridgehead atoms. The summed E-state index contributed by atoms with van der Waals surface area (Å²) >= 11 is 0. The van der Waals surface area contributed by atoms with Crippen molar-refractivity contribution in [3.05, 3.63) is 133 Å². The summed E-state index contributed by atoms with van der Waals surface area (Å²) in [7, 11) is 1.08. The van der Waals surface area contributed by atoms with Crippen LogP contribution in [-0.2, 0) is 25.8 Å². The monoisotopic (exact) mass is 690 g/mol. The minimum absolute atomic E-state index is 0. The zero-order valence-corrected chi connectivity index (χ0v) is 26.6. The van der Waals surface area contributed by atoms with Crippen molar-refractivity contribution in [2.75, 3.05) is 0 Å². The molecule has 0 spiro atoms. The standard InChI is InChI=1S/2C15H11.C2H6Si.2ClH.Hf/c2*1-2-6-12(7-3-1)14-10-4-8-13-9-5-11-15(13)14;1-3-2;;;/h2*1-11H;1-2H3;2*1H;/q2*-1;;;;+4/p-2. The second kappa shape index (κ2) is 16.5. The van der Waals surface area contributed by atoms with Crippen LogP contribution in [0.2, 0.25) is 13.1 Å². The summed E-state index contributed by atoms with van der Waals surface area (Å²) in [5.41, 5.74) is 5.21. The molecule has 6 aromatic rings. The Balaban J connectivity index is 0.000000302. The predicted molar refractivity (Wildman–Crippen MR) is 147 cm³/mol. The van der Waals surface area contributed by atoms with Crippen molar-refractivity contribution >= 4 is 31.1 Å². The molecule has 0 unspecified atom stereocenters. The van der Waals surface area contributed by atoms with E-state index in [1.165, 1.54) is 43.8 Å². The van der Waals surface area contributed by atoms with Crippen molar-refractivity contribution in [3.8, 4) is 22.3 Å². The van der Waals surface area contributed by atoms with Crippen LogP contribution in [0, 0.1) is 0 Å². The molecule has 36 heavy (non-hydrogen) atoms. The first kappa shape index (κ1) is 31.8. The van der Waals surface area contributed by atoms with E-state index in [0.29, 0.717) is 0 Å². The predicted octanol–water partition coefficient (Wildman–Crippen LogP) is 3.24. The number of halogens is 2. The molecule has 0 aliphatic rings. The van der Waals surface area contributed by atoms with E-state index < -0.39 is 0 Å². The molecule has 0 heterocycles. The molecule has 0 saturated heterocycles. The van der Waals surface area contributed by atoms with Crippen molar-refractivity contribution in [2.24, 2.45) is 0 Å². The van der Waals surface area contributed by atoms with Crippen LogP contribution in [0.3, 0.4) is 0 Å². The van der Waals surface area contributed by atoms with Gasteiger partial charge >= 0.3 is 25.8 Å². The van der Waals surface area contributed by atoms with Crippen molar-refractivity contribution < 1.29 is 50.7 Å². The molecule has 4 heteroatoms. The fourth-order valence-corrected chi connectivity index (χ4v) is 4.06. The second-order valence-corrected chi connectivity index (χ2v) is 8.90. The van der Waals surface area contributed by atoms with Gasteiger partial charge in [-0.3, -0.25) is 0 Å². The summed E-state index contributed by atoms with van der Waals surface area (Å²) in [5, 5.41) is 5.31. The van der Waals surface area contributed by atoms with Gasteiger partial charge in [-0.15, -0.1) is 57.9 Å². The van der Waals surface area contributed by atoms with Gasteiger partial charge in [-0.1, -0.05) is 97.0 Å². The third-order valence-corrected chi connectivity index (χ3v) is 5.53. The van der Waals surface area contributed by atoms with E-state index in [1.54, 1.807) is 0 Å². The van der Waals surface area contributed by atoms with E-state index in [0.717, 1.165) is 9.52 Å². The van der Waals surface area contributed by atoms with Gasteiger partial charge in [0.2, 0.25) is 0 Å². The van der Waals surface area contributed by atoms with Crippen LogP contribution in [-0.4, -0.2) is 9.52 Å². The van der Waals surface area contributed by atoms with E-state index in [4.69, 9.17) is 0 Å². The van der Waals surface area contributed by atoms with Crippen molar-refractivity contribution in [3.63, 3.8) is 0 Å². The summed E-state index contributed by atoms with van der Waals surface area (Å²) in [5.74, 6) is 0. The van der Waals surface area contributed by atoms with Gasteiger partial charge in [0.15, 0.2) is 0 Å². The van der Waals surface area contributed by atoms with Crippen molar-refractivity contribution in [1.29, 1.82) is 0 Å². The molecule has 0 saturated carbocycles. The maximum Gasteiger partial charge on any atom is 4.00 e. The molecule has 0 atom stereocenters. The first-order valence-corrected chi connectivity index (χ1v) is 13.3. The van der Waals surface area contributed by atoms with Gasteiger partial charge in [0, 0.05) is 9.52 Å². The molecular formula is C32H28Cl2HfSi. The fraction of sp³-hybridized carbons (Fsp3) is 0.0625. The Bertz CT molecular complexity index is 1300. The minimum Gasteiger partial charge on any atom is -1.00 e. The Morgan fingerprint density at radius 3 is 1.19 bits per heavy atom. The Hall–Kier alpha value is -2.23. The summed E-state index contributed by atoms with van der Waals surface area (Å²) in [6.07, 6.45) is 0. The smallest absolute Gasteiger partial charge is 1.00 e. The summed E-state index contributed by atoms with van der Waals surface area (Å²) < 4.78 is 0. The van der Waals surface area contributed by atoms with E-state index in [9.17, 15) is 0 Å². The number of fused-ring (bicyclic) bond motifs is 2. The Labute approximate surface area is 248 Å². The third kappa shape index (κ3) is 7.88. The topological polar surface area (TPSA) is 0 Å². The summed E-state index contributed by atoms with van der Waals surface area (Å²) in [4.78, 5) is 0. The molecular weight excluding hydrogens is 662 g/mol. The van der Waals surface area contributed by atoms with Crippen LogP contribution in [0.15, 0.2) is 133 Å². The molecule has 0 aliphatic carbocycles. The second-order valence-electron chi connectivity index (χ2n) is 7.90. The Kier molecular flexibility index (Phi) is 14.6. The fourth-order valence-electron chi connectivity index (χ4n) is 4.06. The molecule has 6 aromatic carbocycles. The molecule has 0 nitrogen and oxygen atoms in total. The van der Waals surface area contributed by atoms with Crippen LogP contribution < -0.4 is 24.8 Å². The SMILES string of the molecule is C[Si]C.[Cl-].[Cl-].[Hf+4].c1ccc(-c2cccc3[cH-]ccc23)cc1.c1ccc(-c2cccc3[cH-]ccc23)cc1. The Morgan fingerprint density at radius 1 is 0.472 bits per heavy atom. The zero-order chi connectivity index (χ0) is 22.9. The van der Waals surface area contributed by atoms with E-state index >= 15 is 0 Å². The normalized spacial score (nSPS) is 9.39. The average molecular weight is 690 g/mol. The molecule has 0 fully saturated rings. The van der Waals surface area contributed by atoms with Gasteiger partial charge in [0.1, 0.15) is 0 Å². The van der Waals surface area contributed by atoms with Crippen LogP contribution in [0.4, 0.5) is 0 Å². The number of hydrogen-bond acceptors (Lipinski definition) is 0. The molecule has 0 amide bonds. The molecule has 0 N–H and O–H groups in total. The van der Waals surface area contributed by atoms with Crippen LogP contribution in [0.1, 0.15) is 0 Å². The number of hydrogen-bond donors (Lipinski definition) is 0. The van der Waals surface area contributed by atoms with E-state index in [-0.39, 0.29) is 50.7 Å². The molecule has 6 rings (SSSR count). The Morgan fingerprint density at radius 2 is 0.833 bits per heavy atom. The third-order valence-electron chi connectivity index (χ3n) is 5.53. The van der Waals surface area contributed by atoms with Crippen LogP contribution >= 0.6 is 0 Å². The van der Waals surface area contributed by atoms with Gasteiger partial charge in [-0.2, -0.15) is 24.3 Å². The van der Waals surface area contributed by atoms with Gasteiger partial charge in [0.05, 0.1) is 0 Å². The van der Waals surface area contributed by atoms with Crippen molar-refractivity contribution in [2.45, 2.75) is 13.1 Å². The molecule has 178 valence electrons. The van der Waals surface area contributed by atoms with E-state index in [2.05, 4.69) is 147 Å². The van der Waals surface area contributed by atoms with Crippen molar-refractivity contribution in [1.82, 2.24) is 0 Å². The first-order valence-electron chi connectivity index (χ1n) is 11.3. The van der Waals surface area contributed by atoms with Gasteiger partial charge in [0.25, 0.3) is 0 Å². The molecule has 2 radical (unpaired) electrons. The first-order chi connectivity index (χ1) is 16.3. The maximum absolute atomic E-state index is 2.18. The summed E-state index contributed by atoms with van der Waals surface area (Å²) in [6.45, 7) is 4.31. The van der Waals surface area contributed by atoms with Gasteiger partial charge in [-0.25, -0.2) is 0 Å².